The van der Waals surface area contributed by atoms with E-state index in [4.69, 9.17) is 18.7 Å². The molecule has 0 spiro atoms. The highest BCUT2D eigenvalue weighted by Crippen LogP contribution is 2.38. The normalized spacial score (nSPS) is 21.7. The molecular weight excluding hydrogens is 350 g/mol. The van der Waals surface area contributed by atoms with Crippen molar-refractivity contribution in [2.45, 2.75) is 39.3 Å². The Labute approximate surface area is 157 Å². The number of amides is 1. The van der Waals surface area contributed by atoms with Crippen LogP contribution in [0.5, 0.6) is 11.5 Å². The Kier molecular flexibility index (Phi) is 4.73. The summed E-state index contributed by atoms with van der Waals surface area (Å²) in [4.78, 5) is 18.5. The monoisotopic (exact) mass is 373 g/mol. The number of rotatable bonds is 6. The number of carbonyl (C=O) groups is 1. The third-order valence-corrected chi connectivity index (χ3v) is 5.05. The average Bonchev–Trinajstić information content (AvgIpc) is 3.27. The summed E-state index contributed by atoms with van der Waals surface area (Å²) in [5.41, 5.74) is 1.15. The van der Waals surface area contributed by atoms with Crippen LogP contribution in [0.4, 0.5) is 0 Å². The number of hydrogen-bond acceptors (Lipinski definition) is 7. The first-order valence-corrected chi connectivity index (χ1v) is 9.01. The maximum atomic E-state index is 12.4. The molecule has 0 radical (unpaired) electrons. The van der Waals surface area contributed by atoms with Crippen molar-refractivity contribution >= 4 is 5.91 Å². The van der Waals surface area contributed by atoms with E-state index in [0.29, 0.717) is 31.2 Å². The fourth-order valence-corrected chi connectivity index (χ4v) is 3.73. The standard InChI is InChI=1S/C19H23N3O5/c1-19(8-13-3-4-14-15(7-13)26-12-25-14)6-5-18(23)22(11-19)9-16-20-17(10-24-2)27-21-16/h3-4,7H,5-6,8-12H2,1-2H3. The molecule has 1 atom stereocenters. The molecule has 1 fully saturated rings. The van der Waals surface area contributed by atoms with Crippen molar-refractivity contribution in [3.8, 4) is 11.5 Å². The van der Waals surface area contributed by atoms with E-state index in [-0.39, 0.29) is 24.7 Å². The fourth-order valence-electron chi connectivity index (χ4n) is 3.73. The lowest BCUT2D eigenvalue weighted by atomic mass is 9.76. The van der Waals surface area contributed by atoms with Crippen LogP contribution >= 0.6 is 0 Å². The number of methoxy groups -OCH3 is 1. The summed E-state index contributed by atoms with van der Waals surface area (Å²) >= 11 is 0. The predicted molar refractivity (Wildman–Crippen MR) is 94.0 cm³/mol. The zero-order valence-corrected chi connectivity index (χ0v) is 15.6. The Morgan fingerprint density at radius 1 is 1.30 bits per heavy atom. The zero-order chi connectivity index (χ0) is 18.9. The summed E-state index contributed by atoms with van der Waals surface area (Å²) in [6.07, 6.45) is 2.22. The number of aromatic nitrogens is 2. The molecule has 1 amide bonds. The number of piperidine rings is 1. The first kappa shape index (κ1) is 17.8. The van der Waals surface area contributed by atoms with E-state index >= 15 is 0 Å². The van der Waals surface area contributed by atoms with Crippen LogP contribution in [-0.2, 0) is 29.1 Å². The number of benzene rings is 1. The molecule has 27 heavy (non-hydrogen) atoms. The molecule has 2 aliphatic heterocycles. The topological polar surface area (TPSA) is 86.9 Å². The third-order valence-electron chi connectivity index (χ3n) is 5.05. The zero-order valence-electron chi connectivity index (χ0n) is 15.6. The van der Waals surface area contributed by atoms with Gasteiger partial charge in [-0.2, -0.15) is 4.98 Å². The number of hydrogen-bond donors (Lipinski definition) is 0. The van der Waals surface area contributed by atoms with Crippen LogP contribution in [0.25, 0.3) is 0 Å². The Morgan fingerprint density at radius 2 is 2.15 bits per heavy atom. The third kappa shape index (κ3) is 3.90. The average molecular weight is 373 g/mol. The van der Waals surface area contributed by atoms with E-state index in [2.05, 4.69) is 23.1 Å². The largest absolute Gasteiger partial charge is 0.454 e. The second kappa shape index (κ2) is 7.19. The highest BCUT2D eigenvalue weighted by Gasteiger charge is 2.36. The molecule has 0 saturated carbocycles. The molecule has 2 aromatic rings. The molecular formula is C19H23N3O5. The molecule has 2 aliphatic rings. The van der Waals surface area contributed by atoms with Gasteiger partial charge in [-0.1, -0.05) is 18.1 Å². The number of likely N-dealkylation sites (tertiary alicyclic amines) is 1. The van der Waals surface area contributed by atoms with Crippen molar-refractivity contribution in [3.63, 3.8) is 0 Å². The first-order valence-electron chi connectivity index (χ1n) is 9.01. The van der Waals surface area contributed by atoms with E-state index in [9.17, 15) is 4.79 Å². The van der Waals surface area contributed by atoms with E-state index in [1.54, 1.807) is 7.11 Å². The minimum absolute atomic E-state index is 0.0271. The van der Waals surface area contributed by atoms with Gasteiger partial charge in [0.15, 0.2) is 17.3 Å². The van der Waals surface area contributed by atoms with Gasteiger partial charge < -0.3 is 23.6 Å². The number of fused-ring (bicyclic) bond motifs is 1. The number of ether oxygens (including phenoxy) is 3. The predicted octanol–water partition coefficient (Wildman–Crippen LogP) is 2.32. The second-order valence-corrected chi connectivity index (χ2v) is 7.46. The Hall–Kier alpha value is -2.61. The summed E-state index contributed by atoms with van der Waals surface area (Å²) in [7, 11) is 1.57. The molecule has 8 heteroatoms. The van der Waals surface area contributed by atoms with Crippen molar-refractivity contribution in [1.82, 2.24) is 15.0 Å². The molecule has 0 N–H and O–H groups in total. The van der Waals surface area contributed by atoms with Gasteiger partial charge >= 0.3 is 0 Å². The Balaban J connectivity index is 1.44. The lowest BCUT2D eigenvalue weighted by Crippen LogP contribution is -2.45. The Bertz CT molecular complexity index is 837. The van der Waals surface area contributed by atoms with Gasteiger partial charge in [-0.15, -0.1) is 0 Å². The van der Waals surface area contributed by atoms with Crippen LogP contribution < -0.4 is 9.47 Å². The van der Waals surface area contributed by atoms with Crippen LogP contribution in [0.3, 0.4) is 0 Å². The van der Waals surface area contributed by atoms with E-state index in [1.807, 2.05) is 17.0 Å². The quantitative estimate of drug-likeness (QED) is 0.768. The number of carbonyl (C=O) groups excluding carboxylic acids is 1. The van der Waals surface area contributed by atoms with Gasteiger partial charge in [0.2, 0.25) is 12.7 Å². The molecule has 1 aromatic carbocycles. The van der Waals surface area contributed by atoms with Gasteiger partial charge in [0, 0.05) is 20.1 Å². The fraction of sp³-hybridized carbons (Fsp3) is 0.526. The Morgan fingerprint density at radius 3 is 3.00 bits per heavy atom. The summed E-state index contributed by atoms with van der Waals surface area (Å²) < 4.78 is 21.0. The van der Waals surface area contributed by atoms with Crippen molar-refractivity contribution in [3.05, 3.63) is 35.5 Å². The van der Waals surface area contributed by atoms with E-state index in [1.165, 1.54) is 5.56 Å². The van der Waals surface area contributed by atoms with Gasteiger partial charge in [0.05, 0.1) is 6.54 Å². The van der Waals surface area contributed by atoms with Crippen LogP contribution in [0, 0.1) is 5.41 Å². The smallest absolute Gasteiger partial charge is 0.252 e. The van der Waals surface area contributed by atoms with E-state index in [0.717, 1.165) is 24.3 Å². The molecule has 1 aromatic heterocycles. The van der Waals surface area contributed by atoms with Crippen molar-refractivity contribution in [2.75, 3.05) is 20.4 Å². The molecule has 1 unspecified atom stereocenters. The van der Waals surface area contributed by atoms with Crippen LogP contribution in [0.1, 0.15) is 37.0 Å². The van der Waals surface area contributed by atoms with Gasteiger partial charge in [-0.25, -0.2) is 0 Å². The number of nitrogens with zero attached hydrogens (tertiary/aromatic N) is 3. The van der Waals surface area contributed by atoms with Crippen molar-refractivity contribution in [1.29, 1.82) is 0 Å². The molecule has 4 rings (SSSR count). The highest BCUT2D eigenvalue weighted by molar-refractivity contribution is 5.77. The van der Waals surface area contributed by atoms with Gasteiger partial charge in [-0.05, 0) is 36.0 Å². The van der Waals surface area contributed by atoms with Gasteiger partial charge in [-0.3, -0.25) is 4.79 Å². The SMILES string of the molecule is COCc1nc(CN2CC(C)(Cc3ccc4c(c3)OCO4)CCC2=O)no1. The van der Waals surface area contributed by atoms with Crippen molar-refractivity contribution < 1.29 is 23.5 Å². The molecule has 8 nitrogen and oxygen atoms in total. The second-order valence-electron chi connectivity index (χ2n) is 7.46. The van der Waals surface area contributed by atoms with Gasteiger partial charge in [0.1, 0.15) is 6.61 Å². The molecule has 0 bridgehead atoms. The minimum atomic E-state index is -0.0271. The van der Waals surface area contributed by atoms with Crippen LogP contribution in [0.15, 0.2) is 22.7 Å². The summed E-state index contributed by atoms with van der Waals surface area (Å²) in [6, 6.07) is 6.05. The molecule has 1 saturated heterocycles. The highest BCUT2D eigenvalue weighted by atomic mass is 16.7. The van der Waals surface area contributed by atoms with E-state index < -0.39 is 0 Å². The maximum Gasteiger partial charge on any atom is 0.252 e. The lowest BCUT2D eigenvalue weighted by Gasteiger charge is -2.40. The summed E-state index contributed by atoms with van der Waals surface area (Å²) in [6.45, 7) is 3.75. The lowest BCUT2D eigenvalue weighted by molar-refractivity contribution is -0.138. The molecule has 0 aliphatic carbocycles. The maximum absolute atomic E-state index is 12.4. The van der Waals surface area contributed by atoms with Gasteiger partial charge in [0.25, 0.3) is 5.89 Å². The summed E-state index contributed by atoms with van der Waals surface area (Å²) in [5, 5.41) is 3.94. The van der Waals surface area contributed by atoms with Crippen LogP contribution in [-0.4, -0.2) is 41.4 Å². The van der Waals surface area contributed by atoms with Crippen LogP contribution in [0.2, 0.25) is 0 Å². The molecule has 3 heterocycles. The first-order chi connectivity index (χ1) is 13.0. The van der Waals surface area contributed by atoms with Crippen molar-refractivity contribution in [2.24, 2.45) is 5.41 Å². The summed E-state index contributed by atoms with van der Waals surface area (Å²) in [5.74, 6) is 2.62. The molecule has 144 valence electrons. The minimum Gasteiger partial charge on any atom is -0.454 e.